The van der Waals surface area contributed by atoms with E-state index in [-0.39, 0.29) is 11.8 Å². The van der Waals surface area contributed by atoms with Gasteiger partial charge >= 0.3 is 0 Å². The molecule has 3 nitrogen and oxygen atoms in total. The molecule has 0 spiro atoms. The Hall–Kier alpha value is -1.35. The van der Waals surface area contributed by atoms with E-state index in [4.69, 9.17) is 0 Å². The van der Waals surface area contributed by atoms with Crippen molar-refractivity contribution >= 4 is 5.91 Å². The molecular formula is C20H30N2O. The first-order valence-electron chi connectivity index (χ1n) is 9.20. The summed E-state index contributed by atoms with van der Waals surface area (Å²) in [6.45, 7) is 3.86. The summed E-state index contributed by atoms with van der Waals surface area (Å²) >= 11 is 0. The van der Waals surface area contributed by atoms with E-state index in [1.165, 1.54) is 43.2 Å². The highest BCUT2D eigenvalue weighted by Gasteiger charge is 2.27. The number of carbonyl (C=O) groups is 1. The van der Waals surface area contributed by atoms with Crippen molar-refractivity contribution in [1.82, 2.24) is 10.2 Å². The first-order valence-corrected chi connectivity index (χ1v) is 9.20. The smallest absolute Gasteiger partial charge is 0.223 e. The van der Waals surface area contributed by atoms with Crippen LogP contribution in [0, 0.1) is 11.8 Å². The van der Waals surface area contributed by atoms with Crippen molar-refractivity contribution in [3.8, 4) is 0 Å². The van der Waals surface area contributed by atoms with Gasteiger partial charge in [-0.05, 0) is 43.4 Å². The molecule has 3 heteroatoms. The molecule has 1 amide bonds. The third kappa shape index (κ3) is 3.95. The molecule has 3 rings (SSSR count). The summed E-state index contributed by atoms with van der Waals surface area (Å²) < 4.78 is 0. The van der Waals surface area contributed by atoms with Crippen molar-refractivity contribution in [3.05, 3.63) is 35.4 Å². The summed E-state index contributed by atoms with van der Waals surface area (Å²) in [6, 6.07) is 9.08. The van der Waals surface area contributed by atoms with Crippen molar-refractivity contribution in [1.29, 1.82) is 0 Å². The molecule has 1 fully saturated rings. The molecule has 1 aliphatic carbocycles. The SMILES string of the molecule is CC(C(=O)NC[C@@H]1Cc2ccccc2CN1C)C1CCCCC1. The van der Waals surface area contributed by atoms with Gasteiger partial charge in [-0.15, -0.1) is 0 Å². The molecule has 1 aliphatic heterocycles. The Balaban J connectivity index is 1.52. The van der Waals surface area contributed by atoms with Gasteiger partial charge in [0.2, 0.25) is 5.91 Å². The van der Waals surface area contributed by atoms with Gasteiger partial charge in [0.25, 0.3) is 0 Å². The minimum Gasteiger partial charge on any atom is -0.354 e. The maximum absolute atomic E-state index is 12.5. The number of likely N-dealkylation sites (N-methyl/N-ethyl adjacent to an activating group) is 1. The van der Waals surface area contributed by atoms with Crippen molar-refractivity contribution in [2.45, 2.75) is 58.0 Å². The lowest BCUT2D eigenvalue weighted by atomic mass is 9.80. The Kier molecular flexibility index (Phi) is 5.37. The van der Waals surface area contributed by atoms with E-state index < -0.39 is 0 Å². The first kappa shape index (κ1) is 16.5. The zero-order chi connectivity index (χ0) is 16.2. The Morgan fingerprint density at radius 2 is 1.91 bits per heavy atom. The minimum absolute atomic E-state index is 0.163. The Morgan fingerprint density at radius 1 is 1.22 bits per heavy atom. The van der Waals surface area contributed by atoms with Gasteiger partial charge in [0.05, 0.1) is 0 Å². The van der Waals surface area contributed by atoms with Gasteiger partial charge in [-0.1, -0.05) is 50.5 Å². The summed E-state index contributed by atoms with van der Waals surface area (Å²) in [6.07, 6.45) is 7.42. The maximum atomic E-state index is 12.5. The fourth-order valence-corrected chi connectivity index (χ4v) is 4.17. The van der Waals surface area contributed by atoms with Gasteiger partial charge in [0.15, 0.2) is 0 Å². The predicted molar refractivity (Wildman–Crippen MR) is 94.1 cm³/mol. The molecule has 126 valence electrons. The van der Waals surface area contributed by atoms with E-state index in [0.29, 0.717) is 12.0 Å². The van der Waals surface area contributed by atoms with Crippen LogP contribution in [0.4, 0.5) is 0 Å². The van der Waals surface area contributed by atoms with Crippen LogP contribution >= 0.6 is 0 Å². The minimum atomic E-state index is 0.163. The van der Waals surface area contributed by atoms with Gasteiger partial charge in [-0.25, -0.2) is 0 Å². The Labute approximate surface area is 140 Å². The Bertz CT molecular complexity index is 536. The third-order valence-electron chi connectivity index (χ3n) is 5.90. The van der Waals surface area contributed by atoms with Crippen LogP contribution in [0.15, 0.2) is 24.3 Å². The van der Waals surface area contributed by atoms with E-state index in [1.54, 1.807) is 0 Å². The molecule has 1 aromatic rings. The van der Waals surface area contributed by atoms with Crippen LogP contribution in [0.25, 0.3) is 0 Å². The highest BCUT2D eigenvalue weighted by atomic mass is 16.1. The van der Waals surface area contributed by atoms with Crippen LogP contribution in [0.2, 0.25) is 0 Å². The number of nitrogens with one attached hydrogen (secondary N) is 1. The highest BCUT2D eigenvalue weighted by molar-refractivity contribution is 5.78. The first-order chi connectivity index (χ1) is 11.1. The van der Waals surface area contributed by atoms with Crippen LogP contribution in [0.3, 0.4) is 0 Å². The number of benzene rings is 1. The summed E-state index contributed by atoms with van der Waals surface area (Å²) in [5, 5.41) is 3.23. The number of fused-ring (bicyclic) bond motifs is 1. The quantitative estimate of drug-likeness (QED) is 0.924. The average Bonchev–Trinajstić information content (AvgIpc) is 2.59. The van der Waals surface area contributed by atoms with Crippen molar-refractivity contribution < 1.29 is 4.79 Å². The van der Waals surface area contributed by atoms with Gasteiger partial charge in [0.1, 0.15) is 0 Å². The normalized spacial score (nSPS) is 24.0. The molecular weight excluding hydrogens is 284 g/mol. The van der Waals surface area contributed by atoms with Gasteiger partial charge in [-0.2, -0.15) is 0 Å². The molecule has 1 heterocycles. The van der Waals surface area contributed by atoms with Crippen molar-refractivity contribution in [3.63, 3.8) is 0 Å². The summed E-state index contributed by atoms with van der Waals surface area (Å²) in [5.74, 6) is 1.01. The highest BCUT2D eigenvalue weighted by Crippen LogP contribution is 2.30. The molecule has 1 saturated carbocycles. The number of carbonyl (C=O) groups excluding carboxylic acids is 1. The number of hydrogen-bond donors (Lipinski definition) is 1. The summed E-state index contributed by atoms with van der Waals surface area (Å²) in [4.78, 5) is 14.9. The molecule has 1 aromatic carbocycles. The van der Waals surface area contributed by atoms with E-state index in [1.807, 2.05) is 0 Å². The van der Waals surface area contributed by atoms with Gasteiger partial charge < -0.3 is 5.32 Å². The molecule has 1 unspecified atom stereocenters. The molecule has 2 atom stereocenters. The lowest BCUT2D eigenvalue weighted by molar-refractivity contribution is -0.126. The monoisotopic (exact) mass is 314 g/mol. The van der Waals surface area contributed by atoms with Crippen LogP contribution in [0.1, 0.15) is 50.2 Å². The van der Waals surface area contributed by atoms with Crippen LogP contribution in [-0.2, 0) is 17.8 Å². The Morgan fingerprint density at radius 3 is 2.65 bits per heavy atom. The lowest BCUT2D eigenvalue weighted by Gasteiger charge is -2.35. The van der Waals surface area contributed by atoms with E-state index in [2.05, 4.69) is 48.5 Å². The topological polar surface area (TPSA) is 32.3 Å². The van der Waals surface area contributed by atoms with Gasteiger partial charge in [0, 0.05) is 25.0 Å². The fraction of sp³-hybridized carbons (Fsp3) is 0.650. The number of nitrogens with zero attached hydrogens (tertiary/aromatic N) is 1. The molecule has 2 aliphatic rings. The summed E-state index contributed by atoms with van der Waals surface area (Å²) in [7, 11) is 2.16. The second-order valence-corrected chi connectivity index (χ2v) is 7.47. The lowest BCUT2D eigenvalue weighted by Crippen LogP contribution is -2.47. The van der Waals surface area contributed by atoms with E-state index in [9.17, 15) is 4.79 Å². The van der Waals surface area contributed by atoms with Crippen molar-refractivity contribution in [2.75, 3.05) is 13.6 Å². The largest absolute Gasteiger partial charge is 0.354 e. The second-order valence-electron chi connectivity index (χ2n) is 7.47. The van der Waals surface area contributed by atoms with E-state index >= 15 is 0 Å². The molecule has 0 saturated heterocycles. The molecule has 0 aromatic heterocycles. The van der Waals surface area contributed by atoms with Crippen LogP contribution in [-0.4, -0.2) is 30.4 Å². The number of hydrogen-bond acceptors (Lipinski definition) is 2. The molecule has 0 radical (unpaired) electrons. The zero-order valence-corrected chi connectivity index (χ0v) is 14.6. The predicted octanol–water partition coefficient (Wildman–Crippen LogP) is 3.38. The van der Waals surface area contributed by atoms with Crippen molar-refractivity contribution in [2.24, 2.45) is 11.8 Å². The number of amides is 1. The zero-order valence-electron chi connectivity index (χ0n) is 14.6. The van der Waals surface area contributed by atoms with Crippen LogP contribution in [0.5, 0.6) is 0 Å². The molecule has 23 heavy (non-hydrogen) atoms. The third-order valence-corrected chi connectivity index (χ3v) is 5.90. The standard InChI is InChI=1S/C20H30N2O/c1-15(16-8-4-3-5-9-16)20(23)21-13-19-12-17-10-6-7-11-18(17)14-22(19)2/h6-7,10-11,15-16,19H,3-5,8-9,12-14H2,1-2H3,(H,21,23)/t15?,19-/m0/s1. The van der Waals surface area contributed by atoms with Crippen LogP contribution < -0.4 is 5.32 Å². The average molecular weight is 314 g/mol. The molecule has 1 N–H and O–H groups in total. The molecule has 0 bridgehead atoms. The van der Waals surface area contributed by atoms with Gasteiger partial charge in [-0.3, -0.25) is 9.69 Å². The number of rotatable bonds is 4. The fourth-order valence-electron chi connectivity index (χ4n) is 4.17. The summed E-state index contributed by atoms with van der Waals surface area (Å²) in [5.41, 5.74) is 2.86. The maximum Gasteiger partial charge on any atom is 0.223 e. The van der Waals surface area contributed by atoms with E-state index in [0.717, 1.165) is 19.5 Å². The second kappa shape index (κ2) is 7.48.